The second-order valence-corrected chi connectivity index (χ2v) is 15.6. The van der Waals surface area contributed by atoms with Gasteiger partial charge in [-0.2, -0.15) is 0 Å². The summed E-state index contributed by atoms with van der Waals surface area (Å²) >= 11 is 0. The maximum Gasteiger partial charge on any atom is 0.135 e. The van der Waals surface area contributed by atoms with Gasteiger partial charge in [-0.05, 0) is 119 Å². The van der Waals surface area contributed by atoms with E-state index in [1.54, 1.807) is 0 Å². The van der Waals surface area contributed by atoms with Gasteiger partial charge in [0, 0.05) is 49.7 Å². The van der Waals surface area contributed by atoms with Gasteiger partial charge in [-0.15, -0.1) is 0 Å². The van der Waals surface area contributed by atoms with Crippen LogP contribution < -0.4 is 4.90 Å². The first-order valence-electron chi connectivity index (χ1n) is 19.9. The Morgan fingerprint density at radius 2 is 1.07 bits per heavy atom. The molecule has 1 fully saturated rings. The molecule has 0 unspecified atom stereocenters. The van der Waals surface area contributed by atoms with E-state index in [9.17, 15) is 0 Å². The van der Waals surface area contributed by atoms with Crippen LogP contribution in [0.25, 0.3) is 71.7 Å². The molecule has 0 N–H and O–H groups in total. The minimum atomic E-state index is 0.148. The van der Waals surface area contributed by atoms with Gasteiger partial charge in [-0.1, -0.05) is 122 Å². The molecule has 1 saturated carbocycles. The fourth-order valence-electron chi connectivity index (χ4n) is 10.2. The van der Waals surface area contributed by atoms with Crippen LogP contribution in [0.2, 0.25) is 0 Å². The van der Waals surface area contributed by atoms with Crippen molar-refractivity contribution in [2.24, 2.45) is 0 Å². The SMILES string of the molecule is c1ccc(-n2c3ccccc3c3ccc(N(c4ccc(-c5ccc6c(c5)C5(CCCC5)c5ccccc5-6)cc4)c4ccc5oc6ccccc6c5c4)cc32)cc1. The second kappa shape index (κ2) is 12.1. The van der Waals surface area contributed by atoms with Gasteiger partial charge >= 0.3 is 0 Å². The van der Waals surface area contributed by atoms with E-state index in [0.717, 1.165) is 44.7 Å². The van der Waals surface area contributed by atoms with E-state index < -0.39 is 0 Å². The number of hydrogen-bond acceptors (Lipinski definition) is 2. The minimum absolute atomic E-state index is 0.148. The van der Waals surface area contributed by atoms with Gasteiger partial charge in [0.25, 0.3) is 0 Å². The summed E-state index contributed by atoms with van der Waals surface area (Å²) in [6.45, 7) is 0. The molecule has 0 aliphatic heterocycles. The summed E-state index contributed by atoms with van der Waals surface area (Å²) in [5.74, 6) is 0. The van der Waals surface area contributed by atoms with Crippen molar-refractivity contribution in [3.63, 3.8) is 0 Å². The third-order valence-corrected chi connectivity index (χ3v) is 12.7. The topological polar surface area (TPSA) is 21.3 Å². The lowest BCUT2D eigenvalue weighted by Gasteiger charge is -2.27. The van der Waals surface area contributed by atoms with Gasteiger partial charge in [0.2, 0.25) is 0 Å². The number of anilines is 3. The Labute approximate surface area is 325 Å². The van der Waals surface area contributed by atoms with Crippen molar-refractivity contribution in [3.05, 3.63) is 193 Å². The fourth-order valence-corrected chi connectivity index (χ4v) is 10.2. The molecule has 2 aromatic heterocycles. The summed E-state index contributed by atoms with van der Waals surface area (Å²) in [4.78, 5) is 2.39. The molecule has 3 heteroatoms. The Balaban J connectivity index is 1.02. The Hall–Kier alpha value is -6.84. The molecule has 2 aliphatic carbocycles. The Kier molecular flexibility index (Phi) is 6.80. The van der Waals surface area contributed by atoms with Crippen LogP contribution in [0.1, 0.15) is 36.8 Å². The highest BCUT2D eigenvalue weighted by atomic mass is 16.3. The summed E-state index contributed by atoms with van der Waals surface area (Å²) in [5, 5.41) is 4.72. The van der Waals surface area contributed by atoms with Crippen LogP contribution in [-0.4, -0.2) is 4.57 Å². The maximum atomic E-state index is 6.28. The van der Waals surface area contributed by atoms with E-state index in [1.807, 2.05) is 12.1 Å². The number of hydrogen-bond donors (Lipinski definition) is 0. The number of rotatable bonds is 5. The lowest BCUT2D eigenvalue weighted by Crippen LogP contribution is -2.20. The molecule has 2 heterocycles. The van der Waals surface area contributed by atoms with Gasteiger partial charge in [-0.25, -0.2) is 0 Å². The molecule has 266 valence electrons. The zero-order chi connectivity index (χ0) is 36.8. The zero-order valence-electron chi connectivity index (χ0n) is 31.0. The van der Waals surface area contributed by atoms with Gasteiger partial charge in [0.05, 0.1) is 11.0 Å². The molecule has 2 aliphatic rings. The van der Waals surface area contributed by atoms with E-state index >= 15 is 0 Å². The largest absolute Gasteiger partial charge is 0.456 e. The summed E-state index contributed by atoms with van der Waals surface area (Å²) < 4.78 is 8.68. The van der Waals surface area contributed by atoms with Crippen LogP contribution in [0.15, 0.2) is 186 Å². The van der Waals surface area contributed by atoms with E-state index in [4.69, 9.17) is 4.42 Å². The molecule has 0 amide bonds. The molecule has 56 heavy (non-hydrogen) atoms. The second-order valence-electron chi connectivity index (χ2n) is 15.6. The smallest absolute Gasteiger partial charge is 0.135 e. The standard InChI is InChI=1S/C53H38N2O/c1-2-12-37(13-3-1)55-49-18-8-5-15-43(49)44-28-25-40(34-50(44)55)54(39-26-29-52-46(33-39)45-16-6-9-19-51(45)56-52)38-23-20-35(21-24-38)36-22-27-42-41-14-4-7-17-47(41)53(48(42)32-36)30-10-11-31-53/h1-9,12-29,32-34H,10-11,30-31H2. The van der Waals surface area contributed by atoms with Gasteiger partial charge in [0.15, 0.2) is 0 Å². The number of fused-ring (bicyclic) bond motifs is 11. The van der Waals surface area contributed by atoms with Crippen LogP contribution in [-0.2, 0) is 5.41 Å². The van der Waals surface area contributed by atoms with Crippen LogP contribution in [0.5, 0.6) is 0 Å². The van der Waals surface area contributed by atoms with Crippen molar-refractivity contribution < 1.29 is 4.42 Å². The van der Waals surface area contributed by atoms with Crippen molar-refractivity contribution in [2.45, 2.75) is 31.1 Å². The van der Waals surface area contributed by atoms with E-state index in [2.05, 4.69) is 179 Å². The lowest BCUT2D eigenvalue weighted by molar-refractivity contribution is 0.550. The summed E-state index contributed by atoms with van der Waals surface area (Å²) in [7, 11) is 0. The molecular weight excluding hydrogens is 681 g/mol. The number of benzene rings is 8. The quantitative estimate of drug-likeness (QED) is 0.177. The molecule has 10 aromatic rings. The maximum absolute atomic E-state index is 6.28. The molecule has 0 atom stereocenters. The van der Waals surface area contributed by atoms with Crippen LogP contribution in [0.3, 0.4) is 0 Å². The first kappa shape index (κ1) is 31.5. The molecular formula is C53H38N2O. The van der Waals surface area contributed by atoms with Crippen molar-refractivity contribution in [1.29, 1.82) is 0 Å². The lowest BCUT2D eigenvalue weighted by atomic mass is 9.76. The van der Waals surface area contributed by atoms with Crippen molar-refractivity contribution in [3.8, 4) is 27.9 Å². The monoisotopic (exact) mass is 718 g/mol. The van der Waals surface area contributed by atoms with E-state index in [1.165, 1.54) is 80.9 Å². The third kappa shape index (κ3) is 4.58. The van der Waals surface area contributed by atoms with Crippen molar-refractivity contribution >= 4 is 60.8 Å². The molecule has 3 nitrogen and oxygen atoms in total. The van der Waals surface area contributed by atoms with Crippen LogP contribution in [0.4, 0.5) is 17.1 Å². The van der Waals surface area contributed by atoms with Crippen molar-refractivity contribution in [2.75, 3.05) is 4.90 Å². The Morgan fingerprint density at radius 3 is 1.95 bits per heavy atom. The number of nitrogens with zero attached hydrogens (tertiary/aromatic N) is 2. The molecule has 1 spiro atoms. The zero-order valence-corrected chi connectivity index (χ0v) is 31.0. The normalized spacial score (nSPS) is 14.3. The Morgan fingerprint density at radius 1 is 0.429 bits per heavy atom. The van der Waals surface area contributed by atoms with Gasteiger partial charge in [0.1, 0.15) is 11.2 Å². The van der Waals surface area contributed by atoms with E-state index in [0.29, 0.717) is 0 Å². The minimum Gasteiger partial charge on any atom is -0.456 e. The average Bonchev–Trinajstić information content (AvgIpc) is 4.04. The number of furan rings is 1. The highest BCUT2D eigenvalue weighted by molar-refractivity contribution is 6.11. The highest BCUT2D eigenvalue weighted by Gasteiger charge is 2.44. The Bertz CT molecular complexity index is 3140. The number of aromatic nitrogens is 1. The van der Waals surface area contributed by atoms with Crippen LogP contribution in [0, 0.1) is 0 Å². The molecule has 0 radical (unpaired) electrons. The first-order chi connectivity index (χ1) is 27.7. The number of para-hydroxylation sites is 3. The first-order valence-corrected chi connectivity index (χ1v) is 19.9. The average molecular weight is 719 g/mol. The summed E-state index contributed by atoms with van der Waals surface area (Å²) in [6.07, 6.45) is 5.05. The molecule has 8 aromatic carbocycles. The van der Waals surface area contributed by atoms with E-state index in [-0.39, 0.29) is 5.41 Å². The predicted octanol–water partition coefficient (Wildman–Crippen LogP) is 14.7. The molecule has 0 saturated heterocycles. The van der Waals surface area contributed by atoms with Gasteiger partial charge in [-0.3, -0.25) is 0 Å². The highest BCUT2D eigenvalue weighted by Crippen LogP contribution is 2.57. The summed E-state index contributed by atoms with van der Waals surface area (Å²) in [5.41, 5.74) is 17.1. The van der Waals surface area contributed by atoms with Gasteiger partial charge < -0.3 is 13.9 Å². The fraction of sp³-hybridized carbons (Fsp3) is 0.0943. The third-order valence-electron chi connectivity index (χ3n) is 12.7. The summed E-state index contributed by atoms with van der Waals surface area (Å²) in [6, 6.07) is 66.8. The van der Waals surface area contributed by atoms with Crippen molar-refractivity contribution in [1.82, 2.24) is 4.57 Å². The molecule has 12 rings (SSSR count). The predicted molar refractivity (Wildman–Crippen MR) is 233 cm³/mol. The molecule has 0 bridgehead atoms. The van der Waals surface area contributed by atoms with Crippen LogP contribution >= 0.6 is 0 Å².